The van der Waals surface area contributed by atoms with Gasteiger partial charge in [0.1, 0.15) is 35.0 Å². The highest BCUT2D eigenvalue weighted by atomic mass is 16.6. The zero-order valence-corrected chi connectivity index (χ0v) is 24.2. The number of benzene rings is 3. The van der Waals surface area contributed by atoms with Crippen molar-refractivity contribution in [3.8, 4) is 11.5 Å². The fourth-order valence-electron chi connectivity index (χ4n) is 6.02. The summed E-state index contributed by atoms with van der Waals surface area (Å²) in [6, 6.07) is 25.1. The van der Waals surface area contributed by atoms with Crippen LogP contribution in [0.25, 0.3) is 0 Å². The van der Waals surface area contributed by atoms with Crippen LogP contribution in [0.5, 0.6) is 11.5 Å². The van der Waals surface area contributed by atoms with Crippen molar-refractivity contribution in [3.05, 3.63) is 128 Å². The molecule has 2 fully saturated rings. The Morgan fingerprint density at radius 2 is 1.51 bits per heavy atom. The number of fused-ring (bicyclic) bond motifs is 2. The fourth-order valence-corrected chi connectivity index (χ4v) is 6.02. The highest BCUT2D eigenvalue weighted by Crippen LogP contribution is 2.46. The number of ether oxygens (including phenoxy) is 5. The molecule has 4 atom stereocenters. The quantitative estimate of drug-likeness (QED) is 0.287. The maximum Gasteiger partial charge on any atom is 0.330 e. The molecule has 6 rings (SSSR count). The first kappa shape index (κ1) is 28.9. The predicted molar refractivity (Wildman–Crippen MR) is 158 cm³/mol. The SMILES string of the molecule is COc1ccc(C(OC[C@]23COC(C[C@H](n4cc(C)c(=O)[nH]c4=O)O2)[C@@H]3O)(c2ccccc2)c2ccc(OC)cc2)cc1. The Bertz CT molecular complexity index is 1640. The standard InChI is InChI=1S/C33H34N2O8/c1-21-18-35(31(38)34-30(21)37)28-17-27-29(36)32(43-28,19-41-27)20-42-33(22-7-5-4-6-8-22,23-9-13-25(39-2)14-10-23)24-11-15-26(40-3)16-12-24/h4-16,18,27-29,36H,17,19-20H2,1-3H3,(H,34,37,38)/t27?,28-,29+,32+/m1/s1. The largest absolute Gasteiger partial charge is 0.497 e. The monoisotopic (exact) mass is 586 g/mol. The maximum atomic E-state index is 12.8. The summed E-state index contributed by atoms with van der Waals surface area (Å²) in [5, 5.41) is 11.4. The molecule has 3 aromatic carbocycles. The summed E-state index contributed by atoms with van der Waals surface area (Å²) in [4.78, 5) is 27.1. The van der Waals surface area contributed by atoms with E-state index >= 15 is 0 Å². The fraction of sp³-hybridized carbons (Fsp3) is 0.333. The third kappa shape index (κ3) is 5.06. The molecule has 0 saturated carbocycles. The van der Waals surface area contributed by atoms with E-state index in [1.165, 1.54) is 10.8 Å². The minimum Gasteiger partial charge on any atom is -0.497 e. The van der Waals surface area contributed by atoms with Crippen molar-refractivity contribution in [2.24, 2.45) is 0 Å². The first-order chi connectivity index (χ1) is 20.8. The summed E-state index contributed by atoms with van der Waals surface area (Å²) < 4.78 is 31.8. The molecular formula is C33H34N2O8. The van der Waals surface area contributed by atoms with Gasteiger partial charge in [0.2, 0.25) is 0 Å². The van der Waals surface area contributed by atoms with Crippen LogP contribution in [-0.4, -0.2) is 59.9 Å². The number of nitrogens with one attached hydrogen (secondary N) is 1. The Balaban J connectivity index is 1.45. The normalized spacial score (nSPS) is 23.2. The van der Waals surface area contributed by atoms with Gasteiger partial charge in [-0.25, -0.2) is 4.79 Å². The second-order valence-corrected chi connectivity index (χ2v) is 10.9. The molecule has 2 saturated heterocycles. The number of aliphatic hydroxyl groups excluding tert-OH is 1. The summed E-state index contributed by atoms with van der Waals surface area (Å²) >= 11 is 0. The third-order valence-electron chi connectivity index (χ3n) is 8.40. The predicted octanol–water partition coefficient (Wildman–Crippen LogP) is 3.29. The summed E-state index contributed by atoms with van der Waals surface area (Å²) in [7, 11) is 3.23. The molecule has 0 radical (unpaired) electrons. The topological polar surface area (TPSA) is 121 Å². The number of hydrogen-bond acceptors (Lipinski definition) is 8. The van der Waals surface area contributed by atoms with Crippen molar-refractivity contribution >= 4 is 0 Å². The summed E-state index contributed by atoms with van der Waals surface area (Å²) in [6.45, 7) is 1.60. The van der Waals surface area contributed by atoms with Gasteiger partial charge in [0.05, 0.1) is 33.5 Å². The molecule has 2 aliphatic heterocycles. The molecule has 2 N–H and O–H groups in total. The summed E-state index contributed by atoms with van der Waals surface area (Å²) in [5.74, 6) is 1.39. The van der Waals surface area contributed by atoms with Crippen LogP contribution in [0.3, 0.4) is 0 Å². The summed E-state index contributed by atoms with van der Waals surface area (Å²) in [6.07, 6.45) is -0.677. The van der Waals surface area contributed by atoms with E-state index in [2.05, 4.69) is 4.98 Å². The summed E-state index contributed by atoms with van der Waals surface area (Å²) in [5.41, 5.74) is -0.619. The zero-order chi connectivity index (χ0) is 30.2. The number of aliphatic hydroxyl groups is 1. The number of aryl methyl sites for hydroxylation is 1. The molecule has 3 heterocycles. The molecule has 224 valence electrons. The lowest BCUT2D eigenvalue weighted by atomic mass is 9.79. The molecule has 43 heavy (non-hydrogen) atoms. The van der Waals surface area contributed by atoms with Gasteiger partial charge < -0.3 is 28.8 Å². The van der Waals surface area contributed by atoms with E-state index in [-0.39, 0.29) is 19.6 Å². The van der Waals surface area contributed by atoms with Crippen molar-refractivity contribution in [3.63, 3.8) is 0 Å². The number of nitrogens with zero attached hydrogens (tertiary/aromatic N) is 1. The molecule has 0 amide bonds. The number of hydrogen-bond donors (Lipinski definition) is 2. The van der Waals surface area contributed by atoms with Gasteiger partial charge >= 0.3 is 5.69 Å². The van der Waals surface area contributed by atoms with Crippen molar-refractivity contribution in [2.75, 3.05) is 27.4 Å². The molecular weight excluding hydrogens is 552 g/mol. The van der Waals surface area contributed by atoms with Gasteiger partial charge in [-0.2, -0.15) is 0 Å². The Labute approximate surface area is 248 Å². The van der Waals surface area contributed by atoms with Crippen LogP contribution in [0.15, 0.2) is 94.6 Å². The van der Waals surface area contributed by atoms with Crippen molar-refractivity contribution in [2.45, 2.75) is 43.0 Å². The van der Waals surface area contributed by atoms with E-state index in [1.807, 2.05) is 78.9 Å². The van der Waals surface area contributed by atoms with Gasteiger partial charge in [-0.3, -0.25) is 14.3 Å². The van der Waals surface area contributed by atoms with Crippen molar-refractivity contribution in [1.82, 2.24) is 9.55 Å². The lowest BCUT2D eigenvalue weighted by Crippen LogP contribution is -2.57. The number of rotatable bonds is 9. The third-order valence-corrected chi connectivity index (χ3v) is 8.40. The van der Waals surface area contributed by atoms with E-state index in [4.69, 9.17) is 23.7 Å². The van der Waals surface area contributed by atoms with Crippen LogP contribution in [-0.2, 0) is 19.8 Å². The van der Waals surface area contributed by atoms with Gasteiger partial charge in [0.25, 0.3) is 5.56 Å². The van der Waals surface area contributed by atoms with Crippen LogP contribution in [0.4, 0.5) is 0 Å². The van der Waals surface area contributed by atoms with E-state index in [0.29, 0.717) is 17.1 Å². The van der Waals surface area contributed by atoms with E-state index in [0.717, 1.165) is 16.7 Å². The Morgan fingerprint density at radius 1 is 0.930 bits per heavy atom. The van der Waals surface area contributed by atoms with E-state index < -0.39 is 40.9 Å². The minimum atomic E-state index is -1.30. The molecule has 1 unspecified atom stereocenters. The smallest absolute Gasteiger partial charge is 0.330 e. The molecule has 0 spiro atoms. The molecule has 10 heteroatoms. The van der Waals surface area contributed by atoms with E-state index in [9.17, 15) is 14.7 Å². The van der Waals surface area contributed by atoms with Crippen LogP contribution in [0.2, 0.25) is 0 Å². The highest BCUT2D eigenvalue weighted by Gasteiger charge is 2.57. The highest BCUT2D eigenvalue weighted by molar-refractivity contribution is 5.49. The van der Waals surface area contributed by atoms with Crippen LogP contribution in [0, 0.1) is 6.92 Å². The second kappa shape index (κ2) is 11.5. The first-order valence-electron chi connectivity index (χ1n) is 14.1. The minimum absolute atomic E-state index is 0.0580. The molecule has 0 aliphatic carbocycles. The van der Waals surface area contributed by atoms with Crippen LogP contribution in [0.1, 0.15) is 34.9 Å². The number of H-pyrrole nitrogens is 1. The molecule has 2 aliphatic rings. The van der Waals surface area contributed by atoms with Gasteiger partial charge in [0.15, 0.2) is 0 Å². The molecule has 1 aromatic heterocycles. The van der Waals surface area contributed by atoms with Gasteiger partial charge in [-0.05, 0) is 47.9 Å². The number of aromatic nitrogens is 2. The number of methoxy groups -OCH3 is 2. The Kier molecular flexibility index (Phi) is 7.70. The van der Waals surface area contributed by atoms with Gasteiger partial charge in [-0.1, -0.05) is 54.6 Å². The first-order valence-corrected chi connectivity index (χ1v) is 14.1. The van der Waals surface area contributed by atoms with Gasteiger partial charge in [0, 0.05) is 18.2 Å². The average molecular weight is 587 g/mol. The molecule has 2 bridgehead atoms. The lowest BCUT2D eigenvalue weighted by Gasteiger charge is -2.43. The average Bonchev–Trinajstić information content (AvgIpc) is 3.20. The lowest BCUT2D eigenvalue weighted by molar-refractivity contribution is -0.224. The number of aromatic amines is 1. The second-order valence-electron chi connectivity index (χ2n) is 10.9. The maximum absolute atomic E-state index is 12.8. The molecule has 10 nitrogen and oxygen atoms in total. The van der Waals surface area contributed by atoms with Crippen molar-refractivity contribution in [1.29, 1.82) is 0 Å². The molecule has 4 aromatic rings. The van der Waals surface area contributed by atoms with Crippen molar-refractivity contribution < 1.29 is 28.8 Å². The van der Waals surface area contributed by atoms with Crippen LogP contribution >= 0.6 is 0 Å². The zero-order valence-electron chi connectivity index (χ0n) is 24.2. The van der Waals surface area contributed by atoms with E-state index in [1.54, 1.807) is 21.1 Å². The Hall–Kier alpha value is -4.22. The Morgan fingerprint density at radius 3 is 2.09 bits per heavy atom. The van der Waals surface area contributed by atoms with Gasteiger partial charge in [-0.15, -0.1) is 0 Å². The van der Waals surface area contributed by atoms with Crippen LogP contribution < -0.4 is 20.7 Å².